The number of benzene rings is 1. The standard InChI is InChI=1S/C11H10ClNO2/c12-9-6-13-10-3-1-7(5-8(9)10)2-4-11(14)15/h1,3,5-6,13H,2,4H2,(H,14,15). The van der Waals surface area contributed by atoms with Gasteiger partial charge in [-0.05, 0) is 24.1 Å². The van der Waals surface area contributed by atoms with Crippen LogP contribution in [-0.2, 0) is 11.2 Å². The summed E-state index contributed by atoms with van der Waals surface area (Å²) in [5.41, 5.74) is 1.96. The molecule has 2 N–H and O–H groups in total. The molecule has 1 aromatic heterocycles. The summed E-state index contributed by atoms with van der Waals surface area (Å²) in [6, 6.07) is 5.76. The van der Waals surface area contributed by atoms with Gasteiger partial charge in [-0.1, -0.05) is 17.7 Å². The van der Waals surface area contributed by atoms with Crippen molar-refractivity contribution in [3.8, 4) is 0 Å². The Morgan fingerprint density at radius 1 is 1.47 bits per heavy atom. The summed E-state index contributed by atoms with van der Waals surface area (Å²) in [4.78, 5) is 13.5. The Morgan fingerprint density at radius 3 is 3.00 bits per heavy atom. The number of aromatic nitrogens is 1. The van der Waals surface area contributed by atoms with E-state index in [2.05, 4.69) is 4.98 Å². The van der Waals surface area contributed by atoms with Crippen LogP contribution in [0.3, 0.4) is 0 Å². The highest BCUT2D eigenvalue weighted by Gasteiger charge is 2.04. The molecule has 0 saturated carbocycles. The number of carboxylic acid groups (broad SMARTS) is 1. The molecule has 15 heavy (non-hydrogen) atoms. The molecule has 0 aliphatic carbocycles. The smallest absolute Gasteiger partial charge is 0.303 e. The van der Waals surface area contributed by atoms with E-state index in [4.69, 9.17) is 16.7 Å². The molecule has 78 valence electrons. The van der Waals surface area contributed by atoms with Crippen molar-refractivity contribution in [3.63, 3.8) is 0 Å². The van der Waals surface area contributed by atoms with Crippen LogP contribution in [-0.4, -0.2) is 16.1 Å². The Kier molecular flexibility index (Phi) is 2.64. The molecule has 1 heterocycles. The second-order valence-corrected chi connectivity index (χ2v) is 3.82. The second kappa shape index (κ2) is 3.95. The van der Waals surface area contributed by atoms with Gasteiger partial charge in [0.15, 0.2) is 0 Å². The monoisotopic (exact) mass is 223 g/mol. The number of carboxylic acids is 1. The van der Waals surface area contributed by atoms with Gasteiger partial charge in [0.2, 0.25) is 0 Å². The first-order chi connectivity index (χ1) is 7.16. The van der Waals surface area contributed by atoms with Gasteiger partial charge in [-0.25, -0.2) is 0 Å². The molecular formula is C11H10ClNO2. The van der Waals surface area contributed by atoms with E-state index < -0.39 is 5.97 Å². The van der Waals surface area contributed by atoms with Crippen LogP contribution in [0.4, 0.5) is 0 Å². The average Bonchev–Trinajstić information content (AvgIpc) is 2.57. The number of nitrogens with one attached hydrogen (secondary N) is 1. The van der Waals surface area contributed by atoms with E-state index in [1.807, 2.05) is 18.2 Å². The van der Waals surface area contributed by atoms with E-state index in [-0.39, 0.29) is 6.42 Å². The Hall–Kier alpha value is -1.48. The number of halogens is 1. The number of hydrogen-bond acceptors (Lipinski definition) is 1. The van der Waals surface area contributed by atoms with Gasteiger partial charge in [-0.2, -0.15) is 0 Å². The Labute approximate surface area is 91.7 Å². The van der Waals surface area contributed by atoms with Gasteiger partial charge in [0.25, 0.3) is 0 Å². The fourth-order valence-electron chi connectivity index (χ4n) is 1.54. The summed E-state index contributed by atoms with van der Waals surface area (Å²) < 4.78 is 0. The average molecular weight is 224 g/mol. The number of hydrogen-bond donors (Lipinski definition) is 2. The molecular weight excluding hydrogens is 214 g/mol. The summed E-state index contributed by atoms with van der Waals surface area (Å²) in [5.74, 6) is -0.782. The van der Waals surface area contributed by atoms with E-state index in [0.29, 0.717) is 11.4 Å². The lowest BCUT2D eigenvalue weighted by Crippen LogP contribution is -1.97. The molecule has 0 amide bonds. The molecule has 4 heteroatoms. The maximum atomic E-state index is 10.4. The lowest BCUT2D eigenvalue weighted by molar-refractivity contribution is -0.136. The van der Waals surface area contributed by atoms with Gasteiger partial charge >= 0.3 is 5.97 Å². The number of H-pyrrole nitrogens is 1. The third kappa shape index (κ3) is 2.13. The zero-order valence-corrected chi connectivity index (χ0v) is 8.71. The summed E-state index contributed by atoms with van der Waals surface area (Å²) >= 11 is 5.96. The molecule has 3 nitrogen and oxygen atoms in total. The van der Waals surface area contributed by atoms with Crippen LogP contribution in [0.5, 0.6) is 0 Å². The van der Waals surface area contributed by atoms with Crippen molar-refractivity contribution in [3.05, 3.63) is 35.0 Å². The first kappa shape index (κ1) is 10.1. The molecule has 0 aliphatic rings. The highest BCUT2D eigenvalue weighted by Crippen LogP contribution is 2.24. The molecule has 0 atom stereocenters. The summed E-state index contributed by atoms with van der Waals surface area (Å²) in [6.45, 7) is 0. The van der Waals surface area contributed by atoms with Gasteiger partial charge in [0.05, 0.1) is 5.02 Å². The molecule has 2 rings (SSSR count). The lowest BCUT2D eigenvalue weighted by Gasteiger charge is -1.99. The van der Waals surface area contributed by atoms with Crippen molar-refractivity contribution in [2.45, 2.75) is 12.8 Å². The van der Waals surface area contributed by atoms with Crippen molar-refractivity contribution in [2.75, 3.05) is 0 Å². The minimum absolute atomic E-state index is 0.146. The summed E-state index contributed by atoms with van der Waals surface area (Å²) in [6.07, 6.45) is 2.41. The van der Waals surface area contributed by atoms with E-state index in [1.165, 1.54) is 0 Å². The third-order valence-electron chi connectivity index (χ3n) is 2.32. The number of fused-ring (bicyclic) bond motifs is 1. The van der Waals surface area contributed by atoms with E-state index >= 15 is 0 Å². The van der Waals surface area contributed by atoms with Crippen LogP contribution in [0.25, 0.3) is 10.9 Å². The van der Waals surface area contributed by atoms with Crippen molar-refractivity contribution < 1.29 is 9.90 Å². The Morgan fingerprint density at radius 2 is 2.27 bits per heavy atom. The molecule has 0 aliphatic heterocycles. The Balaban J connectivity index is 2.29. The van der Waals surface area contributed by atoms with E-state index in [1.54, 1.807) is 6.20 Å². The van der Waals surface area contributed by atoms with Gasteiger partial charge in [-0.15, -0.1) is 0 Å². The quantitative estimate of drug-likeness (QED) is 0.841. The van der Waals surface area contributed by atoms with Gasteiger partial charge in [0.1, 0.15) is 0 Å². The highest BCUT2D eigenvalue weighted by molar-refractivity contribution is 6.35. The predicted octanol–water partition coefficient (Wildman–Crippen LogP) is 2.84. The van der Waals surface area contributed by atoms with E-state index in [9.17, 15) is 4.79 Å². The third-order valence-corrected chi connectivity index (χ3v) is 2.64. The molecule has 0 bridgehead atoms. The number of aliphatic carboxylic acids is 1. The lowest BCUT2D eigenvalue weighted by atomic mass is 10.1. The number of aryl methyl sites for hydroxylation is 1. The first-order valence-corrected chi connectivity index (χ1v) is 5.02. The van der Waals surface area contributed by atoms with Crippen molar-refractivity contribution in [1.82, 2.24) is 4.98 Å². The second-order valence-electron chi connectivity index (χ2n) is 3.41. The van der Waals surface area contributed by atoms with Gasteiger partial charge in [0, 0.05) is 23.5 Å². The minimum atomic E-state index is -0.782. The zero-order valence-electron chi connectivity index (χ0n) is 7.96. The summed E-state index contributed by atoms with van der Waals surface area (Å²) in [7, 11) is 0. The number of carbonyl (C=O) groups is 1. The van der Waals surface area contributed by atoms with Gasteiger partial charge in [-0.3, -0.25) is 4.79 Å². The van der Waals surface area contributed by atoms with Crippen molar-refractivity contribution >= 4 is 28.5 Å². The first-order valence-electron chi connectivity index (χ1n) is 4.64. The maximum Gasteiger partial charge on any atom is 0.303 e. The molecule has 0 fully saturated rings. The van der Waals surface area contributed by atoms with Crippen molar-refractivity contribution in [1.29, 1.82) is 0 Å². The van der Waals surface area contributed by atoms with Gasteiger partial charge < -0.3 is 10.1 Å². The fourth-order valence-corrected chi connectivity index (χ4v) is 1.75. The largest absolute Gasteiger partial charge is 0.481 e. The SMILES string of the molecule is O=C(O)CCc1ccc2[nH]cc(Cl)c2c1. The Bertz CT molecular complexity index is 504. The summed E-state index contributed by atoms with van der Waals surface area (Å²) in [5, 5.41) is 10.2. The van der Waals surface area contributed by atoms with Crippen LogP contribution in [0.15, 0.2) is 24.4 Å². The topological polar surface area (TPSA) is 53.1 Å². The highest BCUT2D eigenvalue weighted by atomic mass is 35.5. The fraction of sp³-hybridized carbons (Fsp3) is 0.182. The predicted molar refractivity (Wildman–Crippen MR) is 59.3 cm³/mol. The molecule has 0 radical (unpaired) electrons. The molecule has 2 aromatic rings. The molecule has 1 aromatic carbocycles. The van der Waals surface area contributed by atoms with E-state index in [0.717, 1.165) is 16.5 Å². The molecule has 0 saturated heterocycles. The van der Waals surface area contributed by atoms with Crippen LogP contribution >= 0.6 is 11.6 Å². The van der Waals surface area contributed by atoms with Crippen LogP contribution in [0.2, 0.25) is 5.02 Å². The maximum absolute atomic E-state index is 10.4. The normalized spacial score (nSPS) is 10.7. The molecule has 0 unspecified atom stereocenters. The minimum Gasteiger partial charge on any atom is -0.481 e. The molecule has 0 spiro atoms. The number of aromatic amines is 1. The van der Waals surface area contributed by atoms with Crippen LogP contribution in [0, 0.1) is 0 Å². The zero-order chi connectivity index (χ0) is 10.8. The number of rotatable bonds is 3. The van der Waals surface area contributed by atoms with Crippen LogP contribution < -0.4 is 0 Å². The van der Waals surface area contributed by atoms with Crippen LogP contribution in [0.1, 0.15) is 12.0 Å². The van der Waals surface area contributed by atoms with Crippen molar-refractivity contribution in [2.24, 2.45) is 0 Å².